The van der Waals surface area contributed by atoms with Crippen molar-refractivity contribution in [2.24, 2.45) is 5.92 Å². The molecule has 1 atom stereocenters. The zero-order valence-electron chi connectivity index (χ0n) is 9.72. The summed E-state index contributed by atoms with van der Waals surface area (Å²) in [5.41, 5.74) is -0.567. The molecule has 0 spiro atoms. The molecule has 2 N–H and O–H groups in total. The molecule has 0 aliphatic rings. The molecule has 0 amide bonds. The molecule has 0 heterocycles. The Labute approximate surface area is 100 Å². The molecule has 0 bridgehead atoms. The van der Waals surface area contributed by atoms with E-state index in [2.05, 4.69) is 5.32 Å². The van der Waals surface area contributed by atoms with Crippen LogP contribution in [0.5, 0.6) is 0 Å². The number of rotatable bonds is 4. The highest BCUT2D eigenvalue weighted by atomic mass is 35.5. The first kappa shape index (κ1) is 13.3. The summed E-state index contributed by atoms with van der Waals surface area (Å²) in [5.74, 6) is -0.397. The Morgan fingerprint density at radius 2 is 2.12 bits per heavy atom. The van der Waals surface area contributed by atoms with Gasteiger partial charge in [-0.3, -0.25) is 0 Å². The predicted molar refractivity (Wildman–Crippen MR) is 65.4 cm³/mol. The Morgan fingerprint density at radius 1 is 1.50 bits per heavy atom. The summed E-state index contributed by atoms with van der Waals surface area (Å²) in [5, 5.41) is 12.9. The lowest BCUT2D eigenvalue weighted by atomic mass is 9.92. The molecular formula is C12H17ClFNO. The van der Waals surface area contributed by atoms with Crippen molar-refractivity contribution in [3.05, 3.63) is 29.0 Å². The Balaban J connectivity index is 2.72. The van der Waals surface area contributed by atoms with E-state index >= 15 is 0 Å². The quantitative estimate of drug-likeness (QED) is 0.853. The highest BCUT2D eigenvalue weighted by Crippen LogP contribution is 2.23. The second-order valence-electron chi connectivity index (χ2n) is 4.47. The van der Waals surface area contributed by atoms with Crippen molar-refractivity contribution >= 4 is 17.3 Å². The Hall–Kier alpha value is -0.800. The van der Waals surface area contributed by atoms with Crippen LogP contribution in [0.1, 0.15) is 20.8 Å². The van der Waals surface area contributed by atoms with Gasteiger partial charge in [0.2, 0.25) is 0 Å². The molecule has 0 saturated carbocycles. The number of aliphatic hydroxyl groups is 1. The van der Waals surface area contributed by atoms with E-state index in [1.165, 1.54) is 6.07 Å². The van der Waals surface area contributed by atoms with Crippen LogP contribution in [0.4, 0.5) is 10.1 Å². The summed E-state index contributed by atoms with van der Waals surface area (Å²) in [6.07, 6.45) is 0. The van der Waals surface area contributed by atoms with E-state index in [-0.39, 0.29) is 17.5 Å². The fourth-order valence-electron chi connectivity index (χ4n) is 1.12. The number of nitrogens with one attached hydrogen (secondary N) is 1. The second kappa shape index (κ2) is 5.02. The molecule has 4 heteroatoms. The minimum atomic E-state index is -0.880. The average Bonchev–Trinajstić information content (AvgIpc) is 2.20. The summed E-state index contributed by atoms with van der Waals surface area (Å²) in [7, 11) is 0. The van der Waals surface area contributed by atoms with E-state index in [0.29, 0.717) is 5.69 Å². The molecule has 0 fully saturated rings. The first-order valence-electron chi connectivity index (χ1n) is 5.25. The molecule has 0 aromatic heterocycles. The van der Waals surface area contributed by atoms with Gasteiger partial charge in [0.05, 0.1) is 16.3 Å². The third-order valence-electron chi connectivity index (χ3n) is 2.83. The van der Waals surface area contributed by atoms with Crippen molar-refractivity contribution < 1.29 is 9.50 Å². The van der Waals surface area contributed by atoms with Crippen LogP contribution < -0.4 is 5.32 Å². The minimum Gasteiger partial charge on any atom is -0.388 e. The third-order valence-corrected chi connectivity index (χ3v) is 3.12. The van der Waals surface area contributed by atoms with Gasteiger partial charge in [0, 0.05) is 6.54 Å². The highest BCUT2D eigenvalue weighted by molar-refractivity contribution is 6.31. The van der Waals surface area contributed by atoms with Gasteiger partial charge in [0.25, 0.3) is 0 Å². The molecule has 90 valence electrons. The van der Waals surface area contributed by atoms with Crippen molar-refractivity contribution in [1.82, 2.24) is 0 Å². The Morgan fingerprint density at radius 3 is 2.69 bits per heavy atom. The summed E-state index contributed by atoms with van der Waals surface area (Å²) in [6, 6.07) is 4.75. The minimum absolute atomic E-state index is 0.0780. The molecule has 1 unspecified atom stereocenters. The summed E-state index contributed by atoms with van der Waals surface area (Å²) in [4.78, 5) is 0. The van der Waals surface area contributed by atoms with Gasteiger partial charge in [-0.2, -0.15) is 0 Å². The monoisotopic (exact) mass is 245 g/mol. The predicted octanol–water partition coefficient (Wildman–Crippen LogP) is 3.30. The third kappa shape index (κ3) is 3.09. The van der Waals surface area contributed by atoms with Crippen LogP contribution in [0.2, 0.25) is 5.02 Å². The van der Waals surface area contributed by atoms with Gasteiger partial charge in [-0.15, -0.1) is 0 Å². The van der Waals surface area contributed by atoms with Crippen molar-refractivity contribution in [3.8, 4) is 0 Å². The van der Waals surface area contributed by atoms with E-state index in [1.54, 1.807) is 19.1 Å². The maximum atomic E-state index is 13.5. The van der Waals surface area contributed by atoms with Crippen molar-refractivity contribution in [1.29, 1.82) is 0 Å². The van der Waals surface area contributed by atoms with Gasteiger partial charge < -0.3 is 10.4 Å². The van der Waals surface area contributed by atoms with Crippen LogP contribution in [-0.2, 0) is 0 Å². The number of halogens is 2. The Kier molecular flexibility index (Phi) is 4.16. The normalized spacial score (nSPS) is 14.9. The summed E-state index contributed by atoms with van der Waals surface area (Å²) in [6.45, 7) is 5.82. The number of benzene rings is 1. The van der Waals surface area contributed by atoms with Crippen molar-refractivity contribution in [2.75, 3.05) is 11.9 Å². The Bertz CT molecular complexity index is 366. The fraction of sp³-hybridized carbons (Fsp3) is 0.500. The molecule has 2 nitrogen and oxygen atoms in total. The average molecular weight is 246 g/mol. The maximum Gasteiger partial charge on any atom is 0.164 e. The van der Waals surface area contributed by atoms with Gasteiger partial charge in [0.1, 0.15) is 0 Å². The number of hydrogen-bond donors (Lipinski definition) is 2. The first-order chi connectivity index (χ1) is 7.34. The van der Waals surface area contributed by atoms with E-state index in [1.807, 2.05) is 13.8 Å². The maximum absolute atomic E-state index is 13.5. The molecule has 16 heavy (non-hydrogen) atoms. The molecule has 0 radical (unpaired) electrons. The van der Waals surface area contributed by atoms with Crippen LogP contribution in [0.15, 0.2) is 18.2 Å². The molecule has 0 saturated heterocycles. The van der Waals surface area contributed by atoms with E-state index in [0.717, 1.165) is 0 Å². The van der Waals surface area contributed by atoms with Gasteiger partial charge in [-0.1, -0.05) is 31.5 Å². The largest absolute Gasteiger partial charge is 0.388 e. The smallest absolute Gasteiger partial charge is 0.164 e. The lowest BCUT2D eigenvalue weighted by Gasteiger charge is -2.28. The van der Waals surface area contributed by atoms with Gasteiger partial charge in [0.15, 0.2) is 5.82 Å². The first-order valence-corrected chi connectivity index (χ1v) is 5.62. The highest BCUT2D eigenvalue weighted by Gasteiger charge is 2.24. The lowest BCUT2D eigenvalue weighted by molar-refractivity contribution is 0.0266. The van der Waals surface area contributed by atoms with E-state index < -0.39 is 11.4 Å². The summed E-state index contributed by atoms with van der Waals surface area (Å²) >= 11 is 5.65. The molecule has 1 aromatic carbocycles. The van der Waals surface area contributed by atoms with Crippen molar-refractivity contribution in [2.45, 2.75) is 26.4 Å². The fourth-order valence-corrected chi connectivity index (χ4v) is 1.29. The van der Waals surface area contributed by atoms with Gasteiger partial charge in [-0.25, -0.2) is 4.39 Å². The molecule has 0 aliphatic carbocycles. The SMILES string of the molecule is CC(C)C(C)(O)CNc1cccc(Cl)c1F. The molecule has 1 aromatic rings. The summed E-state index contributed by atoms with van der Waals surface area (Å²) < 4.78 is 13.5. The van der Waals surface area contributed by atoms with Crippen LogP contribution in [-0.4, -0.2) is 17.3 Å². The van der Waals surface area contributed by atoms with Crippen LogP contribution >= 0.6 is 11.6 Å². The number of anilines is 1. The molecule has 0 aliphatic heterocycles. The van der Waals surface area contributed by atoms with E-state index in [9.17, 15) is 9.50 Å². The van der Waals surface area contributed by atoms with Gasteiger partial charge in [-0.05, 0) is 25.0 Å². The second-order valence-corrected chi connectivity index (χ2v) is 4.87. The van der Waals surface area contributed by atoms with Crippen LogP contribution in [0, 0.1) is 11.7 Å². The zero-order chi connectivity index (χ0) is 12.3. The molecule has 1 rings (SSSR count). The lowest BCUT2D eigenvalue weighted by Crippen LogP contribution is -2.38. The van der Waals surface area contributed by atoms with Crippen molar-refractivity contribution in [3.63, 3.8) is 0 Å². The number of hydrogen-bond acceptors (Lipinski definition) is 2. The topological polar surface area (TPSA) is 32.3 Å². The van der Waals surface area contributed by atoms with Crippen LogP contribution in [0.3, 0.4) is 0 Å². The van der Waals surface area contributed by atoms with Gasteiger partial charge >= 0.3 is 0 Å². The van der Waals surface area contributed by atoms with E-state index in [4.69, 9.17) is 11.6 Å². The zero-order valence-corrected chi connectivity index (χ0v) is 10.5. The van der Waals surface area contributed by atoms with Crippen LogP contribution in [0.25, 0.3) is 0 Å². The molecular weight excluding hydrogens is 229 g/mol. The standard InChI is InChI=1S/C12H17ClFNO/c1-8(2)12(3,16)7-15-10-6-4-5-9(13)11(10)14/h4-6,8,15-16H,7H2,1-3H3.